The van der Waals surface area contributed by atoms with Gasteiger partial charge in [-0.25, -0.2) is 8.42 Å². The molecule has 0 amide bonds. The van der Waals surface area contributed by atoms with Gasteiger partial charge >= 0.3 is 0 Å². The Morgan fingerprint density at radius 3 is 2.81 bits per heavy atom. The molecule has 0 saturated carbocycles. The minimum Gasteiger partial charge on any atom is -0.320 e. The standard InChI is InChI=1S/C14H14N4O2S/c1-11-4-6-16-10-14(11)18-21(19,20)13-7-12(3-2-5-15)8-17-9-13/h4,6-10,18H,5,15H2,1H3. The van der Waals surface area contributed by atoms with E-state index in [4.69, 9.17) is 5.73 Å². The van der Waals surface area contributed by atoms with Gasteiger partial charge in [0.25, 0.3) is 10.0 Å². The maximum atomic E-state index is 12.3. The second kappa shape index (κ2) is 6.35. The maximum absolute atomic E-state index is 12.3. The first-order chi connectivity index (χ1) is 10.0. The number of aryl methyl sites for hydroxylation is 1. The summed E-state index contributed by atoms with van der Waals surface area (Å²) < 4.78 is 27.1. The van der Waals surface area contributed by atoms with Crippen LogP contribution in [-0.4, -0.2) is 24.9 Å². The van der Waals surface area contributed by atoms with Crippen molar-refractivity contribution in [1.82, 2.24) is 9.97 Å². The van der Waals surface area contributed by atoms with Gasteiger partial charge in [0.2, 0.25) is 0 Å². The molecule has 7 heteroatoms. The van der Waals surface area contributed by atoms with Crippen molar-refractivity contribution >= 4 is 15.7 Å². The molecule has 3 N–H and O–H groups in total. The second-order valence-corrected chi connectivity index (χ2v) is 5.89. The molecule has 0 aliphatic heterocycles. The van der Waals surface area contributed by atoms with Crippen LogP contribution in [0.3, 0.4) is 0 Å². The number of hydrogen-bond donors (Lipinski definition) is 2. The van der Waals surface area contributed by atoms with Gasteiger partial charge < -0.3 is 5.73 Å². The quantitative estimate of drug-likeness (QED) is 0.821. The summed E-state index contributed by atoms with van der Waals surface area (Å²) in [4.78, 5) is 7.83. The third kappa shape index (κ3) is 3.78. The molecule has 0 aliphatic carbocycles. The first kappa shape index (κ1) is 15.0. The van der Waals surface area contributed by atoms with Crippen molar-refractivity contribution in [2.45, 2.75) is 11.8 Å². The van der Waals surface area contributed by atoms with Crippen LogP contribution in [0, 0.1) is 18.8 Å². The van der Waals surface area contributed by atoms with Crippen molar-refractivity contribution in [3.63, 3.8) is 0 Å². The first-order valence-corrected chi connectivity index (χ1v) is 7.58. The average molecular weight is 302 g/mol. The smallest absolute Gasteiger partial charge is 0.263 e. The van der Waals surface area contributed by atoms with Crippen LogP contribution in [0.1, 0.15) is 11.1 Å². The summed E-state index contributed by atoms with van der Waals surface area (Å²) in [5.74, 6) is 5.40. The Morgan fingerprint density at radius 1 is 1.29 bits per heavy atom. The van der Waals surface area contributed by atoms with Crippen molar-refractivity contribution in [3.05, 3.63) is 48.0 Å². The topological polar surface area (TPSA) is 98.0 Å². The SMILES string of the molecule is Cc1ccncc1NS(=O)(=O)c1cncc(C#CCN)c1. The molecule has 0 unspecified atom stereocenters. The summed E-state index contributed by atoms with van der Waals surface area (Å²) in [5, 5.41) is 0. The predicted octanol–water partition coefficient (Wildman–Crippen LogP) is 0.896. The van der Waals surface area contributed by atoms with E-state index in [1.807, 2.05) is 0 Å². The van der Waals surface area contributed by atoms with Crippen LogP contribution in [0.4, 0.5) is 5.69 Å². The third-order valence-electron chi connectivity index (χ3n) is 2.64. The molecule has 0 aliphatic rings. The molecule has 0 atom stereocenters. The van der Waals surface area contributed by atoms with E-state index in [1.54, 1.807) is 19.2 Å². The normalized spacial score (nSPS) is 10.6. The summed E-state index contributed by atoms with van der Waals surface area (Å²) in [6.07, 6.45) is 5.80. The number of nitrogens with zero attached hydrogens (tertiary/aromatic N) is 2. The highest BCUT2D eigenvalue weighted by atomic mass is 32.2. The molecule has 2 heterocycles. The van der Waals surface area contributed by atoms with E-state index in [0.29, 0.717) is 11.3 Å². The Hall–Kier alpha value is -2.43. The molecule has 2 aromatic rings. The number of nitrogens with two attached hydrogens (primary N) is 1. The van der Waals surface area contributed by atoms with Gasteiger partial charge in [-0.2, -0.15) is 0 Å². The molecule has 0 bridgehead atoms. The van der Waals surface area contributed by atoms with E-state index >= 15 is 0 Å². The molecule has 0 fully saturated rings. The highest BCUT2D eigenvalue weighted by Crippen LogP contribution is 2.18. The zero-order chi connectivity index (χ0) is 15.3. The Kier molecular flexibility index (Phi) is 4.52. The van der Waals surface area contributed by atoms with Gasteiger partial charge in [-0.3, -0.25) is 14.7 Å². The molecule has 0 radical (unpaired) electrons. The molecule has 0 saturated heterocycles. The van der Waals surface area contributed by atoms with Crippen LogP contribution in [0.5, 0.6) is 0 Å². The van der Waals surface area contributed by atoms with Crippen LogP contribution in [0.2, 0.25) is 0 Å². The monoisotopic (exact) mass is 302 g/mol. The van der Waals surface area contributed by atoms with Crippen molar-refractivity contribution in [2.75, 3.05) is 11.3 Å². The summed E-state index contributed by atoms with van der Waals surface area (Å²) in [5.41, 5.74) is 6.98. The predicted molar refractivity (Wildman–Crippen MR) is 80.0 cm³/mol. The number of nitrogens with one attached hydrogen (secondary N) is 1. The molecule has 0 aromatic carbocycles. The zero-order valence-corrected chi connectivity index (χ0v) is 12.2. The van der Waals surface area contributed by atoms with E-state index in [9.17, 15) is 8.42 Å². The summed E-state index contributed by atoms with van der Waals surface area (Å²) >= 11 is 0. The molecular weight excluding hydrogens is 288 g/mol. The Morgan fingerprint density at radius 2 is 2.10 bits per heavy atom. The van der Waals surface area contributed by atoms with E-state index in [1.165, 1.54) is 24.7 Å². The van der Waals surface area contributed by atoms with Crippen LogP contribution in [-0.2, 0) is 10.0 Å². The highest BCUT2D eigenvalue weighted by Gasteiger charge is 2.16. The number of hydrogen-bond acceptors (Lipinski definition) is 5. The number of pyridine rings is 2. The van der Waals surface area contributed by atoms with E-state index in [-0.39, 0.29) is 11.4 Å². The number of sulfonamides is 1. The van der Waals surface area contributed by atoms with Gasteiger partial charge in [-0.15, -0.1) is 0 Å². The Bertz CT molecular complexity index is 807. The number of rotatable bonds is 3. The summed E-state index contributed by atoms with van der Waals surface area (Å²) in [6, 6.07) is 3.17. The van der Waals surface area contributed by atoms with Crippen molar-refractivity contribution in [2.24, 2.45) is 5.73 Å². The fraction of sp³-hybridized carbons (Fsp3) is 0.143. The summed E-state index contributed by atoms with van der Waals surface area (Å²) in [7, 11) is -3.73. The van der Waals surface area contributed by atoms with Crippen LogP contribution >= 0.6 is 0 Å². The maximum Gasteiger partial charge on any atom is 0.263 e. The lowest BCUT2D eigenvalue weighted by Gasteiger charge is -2.09. The van der Waals surface area contributed by atoms with Crippen LogP contribution in [0.25, 0.3) is 0 Å². The van der Waals surface area contributed by atoms with Crippen LogP contribution in [0.15, 0.2) is 41.8 Å². The van der Waals surface area contributed by atoms with Gasteiger partial charge in [-0.1, -0.05) is 11.8 Å². The van der Waals surface area contributed by atoms with Gasteiger partial charge in [-0.05, 0) is 24.6 Å². The number of aromatic nitrogens is 2. The first-order valence-electron chi connectivity index (χ1n) is 6.10. The molecule has 2 rings (SSSR count). The van der Waals surface area contributed by atoms with Gasteiger partial charge in [0.1, 0.15) is 4.90 Å². The van der Waals surface area contributed by atoms with Gasteiger partial charge in [0, 0.05) is 24.2 Å². The molecule has 21 heavy (non-hydrogen) atoms. The molecule has 108 valence electrons. The fourth-order valence-electron chi connectivity index (χ4n) is 1.56. The molecule has 6 nitrogen and oxygen atoms in total. The van der Waals surface area contributed by atoms with Crippen molar-refractivity contribution in [1.29, 1.82) is 0 Å². The molecule has 0 spiro atoms. The third-order valence-corrected chi connectivity index (χ3v) is 3.97. The van der Waals surface area contributed by atoms with Gasteiger partial charge in [0.05, 0.1) is 18.4 Å². The van der Waals surface area contributed by atoms with E-state index < -0.39 is 10.0 Å². The molecule has 2 aromatic heterocycles. The fourth-order valence-corrected chi connectivity index (χ4v) is 2.66. The van der Waals surface area contributed by atoms with Crippen molar-refractivity contribution in [3.8, 4) is 11.8 Å². The lowest BCUT2D eigenvalue weighted by Crippen LogP contribution is -2.14. The summed E-state index contributed by atoms with van der Waals surface area (Å²) in [6.45, 7) is 1.99. The lowest BCUT2D eigenvalue weighted by molar-refractivity contribution is 0.600. The minimum absolute atomic E-state index is 0.0366. The second-order valence-electron chi connectivity index (χ2n) is 4.21. The van der Waals surface area contributed by atoms with E-state index in [2.05, 4.69) is 26.5 Å². The Balaban J connectivity index is 2.34. The number of anilines is 1. The zero-order valence-electron chi connectivity index (χ0n) is 11.4. The molecular formula is C14H14N4O2S. The minimum atomic E-state index is -3.73. The van der Waals surface area contributed by atoms with Crippen LogP contribution < -0.4 is 10.5 Å². The highest BCUT2D eigenvalue weighted by molar-refractivity contribution is 7.92. The lowest BCUT2D eigenvalue weighted by atomic mass is 10.3. The van der Waals surface area contributed by atoms with Gasteiger partial charge in [0.15, 0.2) is 0 Å². The van der Waals surface area contributed by atoms with E-state index in [0.717, 1.165) is 5.56 Å². The Labute approximate surface area is 123 Å². The largest absolute Gasteiger partial charge is 0.320 e. The average Bonchev–Trinajstić information content (AvgIpc) is 2.48. The van der Waals surface area contributed by atoms with Crippen molar-refractivity contribution < 1.29 is 8.42 Å².